The molecule has 1 aromatic rings. The monoisotopic (exact) mass is 497 g/mol. The van der Waals surface area contributed by atoms with Crippen molar-refractivity contribution in [3.8, 4) is 0 Å². The Bertz CT molecular complexity index is 999. The van der Waals surface area contributed by atoms with Gasteiger partial charge in [0.1, 0.15) is 23.4 Å². The molecule has 186 valence electrons. The minimum atomic E-state index is -1.27. The quantitative estimate of drug-likeness (QED) is 0.249. The fraction of sp³-hybridized carbons (Fsp3) is 0.708. The van der Waals surface area contributed by atoms with Crippen LogP contribution in [0, 0.1) is 5.92 Å². The van der Waals surface area contributed by atoms with E-state index in [0.29, 0.717) is 26.1 Å². The maximum Gasteiger partial charge on any atom is 1.00 e. The zero-order valence-corrected chi connectivity index (χ0v) is 23.1. The van der Waals surface area contributed by atoms with Crippen molar-refractivity contribution < 1.29 is 63.2 Å². The Labute approximate surface area is 227 Å². The van der Waals surface area contributed by atoms with Crippen LogP contribution in [0.5, 0.6) is 0 Å². The minimum Gasteiger partial charge on any atom is -0.545 e. The Morgan fingerprint density at radius 2 is 2.06 bits per heavy atom. The fourth-order valence-corrected chi connectivity index (χ4v) is 5.69. The number of allylic oxidation sites excluding steroid dienone is 1. The van der Waals surface area contributed by atoms with Gasteiger partial charge in [0.05, 0.1) is 36.8 Å². The molecule has 1 spiro atoms. The number of rotatable bonds is 7. The van der Waals surface area contributed by atoms with Crippen LogP contribution in [0.1, 0.15) is 56.4 Å². The van der Waals surface area contributed by atoms with E-state index in [2.05, 4.69) is 31.9 Å². The molecule has 4 aliphatic rings. The molecule has 0 unspecified atom stereocenters. The first-order chi connectivity index (χ1) is 16.2. The van der Waals surface area contributed by atoms with Crippen LogP contribution in [-0.4, -0.2) is 83.1 Å². The van der Waals surface area contributed by atoms with Gasteiger partial charge in [-0.3, -0.25) is 4.68 Å². The third-order valence-electron chi connectivity index (χ3n) is 7.82. The van der Waals surface area contributed by atoms with E-state index in [9.17, 15) is 14.7 Å². The first kappa shape index (κ1) is 26.6. The van der Waals surface area contributed by atoms with Crippen LogP contribution >= 0.6 is 0 Å². The number of amides is 1. The van der Waals surface area contributed by atoms with Crippen molar-refractivity contribution in [2.75, 3.05) is 26.8 Å². The van der Waals surface area contributed by atoms with Crippen LogP contribution in [0.15, 0.2) is 24.0 Å². The van der Waals surface area contributed by atoms with Crippen LogP contribution in [-0.2, 0) is 18.9 Å². The minimum absolute atomic E-state index is 0. The van der Waals surface area contributed by atoms with Gasteiger partial charge in [0.15, 0.2) is 0 Å². The van der Waals surface area contributed by atoms with E-state index in [1.165, 1.54) is 18.0 Å². The zero-order valence-electron chi connectivity index (χ0n) is 21.1. The number of hydrogen-bond acceptors (Lipinski definition) is 8. The summed E-state index contributed by atoms with van der Waals surface area (Å²) in [7, 11) is 1.66. The number of aromatic nitrogens is 2. The summed E-state index contributed by atoms with van der Waals surface area (Å²) >= 11 is 0. The van der Waals surface area contributed by atoms with Crippen molar-refractivity contribution >= 4 is 12.1 Å². The van der Waals surface area contributed by atoms with Crippen molar-refractivity contribution in [3.63, 3.8) is 0 Å². The van der Waals surface area contributed by atoms with Gasteiger partial charge < -0.3 is 33.7 Å². The summed E-state index contributed by atoms with van der Waals surface area (Å²) in [5.41, 5.74) is 0.628. The van der Waals surface area contributed by atoms with Crippen molar-refractivity contribution in [2.45, 2.75) is 75.6 Å². The predicted octanol–water partition coefficient (Wildman–Crippen LogP) is -1.68. The van der Waals surface area contributed by atoms with Gasteiger partial charge in [-0.1, -0.05) is 11.6 Å². The van der Waals surface area contributed by atoms with Crippen LogP contribution < -0.4 is 34.7 Å². The molecule has 0 N–H and O–H groups in total. The first-order valence-corrected chi connectivity index (χ1v) is 11.9. The molecular formula is C24H32N3NaO7. The van der Waals surface area contributed by atoms with Gasteiger partial charge in [-0.25, -0.2) is 4.79 Å². The number of carbonyl (C=O) groups excluding carboxylic acids is 2. The second-order valence-electron chi connectivity index (χ2n) is 10.4. The number of carboxylic acid groups (broad SMARTS) is 1. The summed E-state index contributed by atoms with van der Waals surface area (Å²) in [6.07, 6.45) is 6.15. The summed E-state index contributed by atoms with van der Waals surface area (Å²) in [6.45, 7) is 7.76. The number of aromatic carboxylic acids is 1. The number of epoxide rings is 2. The molecule has 11 heteroatoms. The molecule has 1 saturated carbocycles. The molecule has 1 aromatic heterocycles. The number of hydrogen-bond donors (Lipinski definition) is 0. The molecule has 0 radical (unpaired) electrons. The smallest absolute Gasteiger partial charge is 0.545 e. The van der Waals surface area contributed by atoms with Gasteiger partial charge in [-0.05, 0) is 40.0 Å². The Balaban J connectivity index is 0.00000289. The standard InChI is InChI=1S/C24H33N3O7.Na/c1-14(2)5-6-18-23(3,34-18)20-19(31-4)17(7-8-24(20)13-32-24)33-22(30)26-11-16(12-26)27-10-15(9-25-27)21(28)29;/h5,9-10,16-20H,6-8,11-13H2,1-4H3,(H,28,29);/q;+1/p-1/t17-,18-,19-,20-,23+,24+;/m1./s1. The largest absolute Gasteiger partial charge is 1.00 e. The topological polar surface area (TPSA) is 122 Å². The van der Waals surface area contributed by atoms with Crippen molar-refractivity contribution in [2.24, 2.45) is 5.92 Å². The first-order valence-electron chi connectivity index (χ1n) is 11.9. The average molecular weight is 498 g/mol. The van der Waals surface area contributed by atoms with Gasteiger partial charge >= 0.3 is 35.7 Å². The van der Waals surface area contributed by atoms with Gasteiger partial charge in [0, 0.05) is 32.0 Å². The molecule has 3 saturated heterocycles. The second-order valence-corrected chi connectivity index (χ2v) is 10.4. The number of likely N-dealkylation sites (tertiary alicyclic amines) is 1. The molecule has 4 heterocycles. The third-order valence-corrected chi connectivity index (χ3v) is 7.82. The summed E-state index contributed by atoms with van der Waals surface area (Å²) in [4.78, 5) is 25.4. The molecule has 10 nitrogen and oxygen atoms in total. The SMILES string of the molecule is CO[C@@H]1[C@H](OC(=O)N2CC(n3cc(C(=O)[O-])cn3)C2)CC[C@]2(CO2)[C@H]1[C@@]1(C)O[C@@H]1CC=C(C)C.[Na+]. The van der Waals surface area contributed by atoms with E-state index in [1.54, 1.807) is 16.7 Å². The number of carbonyl (C=O) groups is 2. The molecule has 5 rings (SSSR count). The summed E-state index contributed by atoms with van der Waals surface area (Å²) in [6, 6.07) is -0.0873. The van der Waals surface area contributed by atoms with E-state index in [4.69, 9.17) is 18.9 Å². The molecule has 4 fully saturated rings. The number of carboxylic acids is 1. The van der Waals surface area contributed by atoms with E-state index >= 15 is 0 Å². The Morgan fingerprint density at radius 3 is 2.63 bits per heavy atom. The fourth-order valence-electron chi connectivity index (χ4n) is 5.69. The zero-order chi connectivity index (χ0) is 24.3. The molecule has 3 aliphatic heterocycles. The van der Waals surface area contributed by atoms with Gasteiger partial charge in [-0.2, -0.15) is 5.10 Å². The number of methoxy groups -OCH3 is 1. The summed E-state index contributed by atoms with van der Waals surface area (Å²) in [5.74, 6) is -1.29. The van der Waals surface area contributed by atoms with Gasteiger partial charge in [0.25, 0.3) is 0 Å². The predicted molar refractivity (Wildman–Crippen MR) is 117 cm³/mol. The van der Waals surface area contributed by atoms with E-state index in [1.807, 2.05) is 0 Å². The van der Waals surface area contributed by atoms with Crippen LogP contribution in [0.2, 0.25) is 0 Å². The molecule has 0 bridgehead atoms. The average Bonchev–Trinajstić information content (AvgIpc) is 3.60. The van der Waals surface area contributed by atoms with E-state index in [-0.39, 0.29) is 70.5 Å². The summed E-state index contributed by atoms with van der Waals surface area (Å²) < 4.78 is 25.6. The van der Waals surface area contributed by atoms with Crippen LogP contribution in [0.25, 0.3) is 0 Å². The summed E-state index contributed by atoms with van der Waals surface area (Å²) in [5, 5.41) is 15.0. The molecular weight excluding hydrogens is 465 g/mol. The molecule has 1 amide bonds. The molecule has 35 heavy (non-hydrogen) atoms. The Kier molecular flexibility index (Phi) is 7.45. The number of nitrogens with zero attached hydrogens (tertiary/aromatic N) is 3. The van der Waals surface area contributed by atoms with Crippen LogP contribution in [0.3, 0.4) is 0 Å². The maximum atomic E-state index is 12.9. The van der Waals surface area contributed by atoms with Gasteiger partial charge in [-0.15, -0.1) is 0 Å². The maximum absolute atomic E-state index is 12.9. The van der Waals surface area contributed by atoms with Crippen LogP contribution in [0.4, 0.5) is 4.79 Å². The Hall–Kier alpha value is -1.43. The van der Waals surface area contributed by atoms with E-state index < -0.39 is 18.2 Å². The second kappa shape index (κ2) is 9.79. The molecule has 6 atom stereocenters. The normalized spacial score (nSPS) is 35.6. The molecule has 1 aliphatic carbocycles. The number of ether oxygens (including phenoxy) is 4. The molecule has 0 aromatic carbocycles. The van der Waals surface area contributed by atoms with Crippen molar-refractivity contribution in [1.82, 2.24) is 14.7 Å². The Morgan fingerprint density at radius 1 is 1.34 bits per heavy atom. The van der Waals surface area contributed by atoms with Gasteiger partial charge in [0.2, 0.25) is 0 Å². The third kappa shape index (κ3) is 4.93. The van der Waals surface area contributed by atoms with Crippen molar-refractivity contribution in [3.05, 3.63) is 29.6 Å². The van der Waals surface area contributed by atoms with E-state index in [0.717, 1.165) is 12.8 Å². The van der Waals surface area contributed by atoms with Crippen molar-refractivity contribution in [1.29, 1.82) is 0 Å².